The first kappa shape index (κ1) is 19.3. The molecule has 0 saturated carbocycles. The van der Waals surface area contributed by atoms with Gasteiger partial charge in [0, 0.05) is 11.5 Å². The van der Waals surface area contributed by atoms with E-state index >= 15 is 0 Å². The number of carboxylic acids is 1. The molecule has 1 atom stereocenters. The van der Waals surface area contributed by atoms with Crippen molar-refractivity contribution in [3.8, 4) is 5.75 Å². The first-order valence-corrected chi connectivity index (χ1v) is 10.0. The molecule has 0 heterocycles. The molecule has 0 bridgehead atoms. The number of thioether (sulfide) groups is 1. The number of methoxy groups -OCH3 is 1. The number of sulfonamides is 1. The fraction of sp³-hybridized carbons (Fsp3) is 0.235. The second-order valence-electron chi connectivity index (χ2n) is 5.17. The summed E-state index contributed by atoms with van der Waals surface area (Å²) < 4.78 is 31.8. The summed E-state index contributed by atoms with van der Waals surface area (Å²) in [5, 5.41) is 11.3. The largest absolute Gasteiger partial charge is 0.548 e. The van der Waals surface area contributed by atoms with Gasteiger partial charge in [0.2, 0.25) is 10.0 Å². The second-order valence-corrected chi connectivity index (χ2v) is 7.91. The van der Waals surface area contributed by atoms with Crippen LogP contribution in [-0.2, 0) is 20.6 Å². The van der Waals surface area contributed by atoms with Gasteiger partial charge in [0.1, 0.15) is 5.75 Å². The van der Waals surface area contributed by atoms with Crippen LogP contribution in [-0.4, -0.2) is 33.3 Å². The van der Waals surface area contributed by atoms with Gasteiger partial charge < -0.3 is 14.6 Å². The number of ether oxygens (including phenoxy) is 1. The van der Waals surface area contributed by atoms with Gasteiger partial charge in [0.15, 0.2) is 0 Å². The van der Waals surface area contributed by atoms with Gasteiger partial charge in [-0.25, -0.2) is 13.1 Å². The molecule has 2 rings (SSSR count). The number of benzene rings is 2. The Kier molecular flexibility index (Phi) is 6.86. The van der Waals surface area contributed by atoms with Crippen LogP contribution < -0.4 is 14.6 Å². The fourth-order valence-electron chi connectivity index (χ4n) is 2.03. The standard InChI is InChI=1S/C17H19NO5S2/c1-23-14-7-9-15(10-8-14)25(21,22)18-16(17(19)20)12-24-11-13-5-3-2-4-6-13/h2-10,16,18H,11-12H2,1H3,(H,19,20)/p-1. The summed E-state index contributed by atoms with van der Waals surface area (Å²) in [6.07, 6.45) is 0. The molecule has 1 N–H and O–H groups in total. The highest BCUT2D eigenvalue weighted by atomic mass is 32.2. The number of nitrogens with one attached hydrogen (secondary N) is 1. The van der Waals surface area contributed by atoms with E-state index < -0.39 is 22.0 Å². The molecule has 0 amide bonds. The molecule has 0 saturated heterocycles. The molecule has 0 aromatic heterocycles. The Labute approximate surface area is 151 Å². The molecule has 0 fully saturated rings. The fourth-order valence-corrected chi connectivity index (χ4v) is 4.32. The van der Waals surface area contributed by atoms with E-state index in [4.69, 9.17) is 4.74 Å². The van der Waals surface area contributed by atoms with Crippen LogP contribution >= 0.6 is 11.8 Å². The molecular weight excluding hydrogens is 362 g/mol. The third-order valence-corrected chi connectivity index (χ3v) is 5.94. The predicted octanol–water partition coefficient (Wildman–Crippen LogP) is 1.03. The summed E-state index contributed by atoms with van der Waals surface area (Å²) in [5.41, 5.74) is 1.03. The lowest BCUT2D eigenvalue weighted by atomic mass is 10.2. The van der Waals surface area contributed by atoms with Crippen LogP contribution in [0.1, 0.15) is 5.56 Å². The average Bonchev–Trinajstić information content (AvgIpc) is 2.61. The molecule has 8 heteroatoms. The number of carbonyl (C=O) groups is 1. The lowest BCUT2D eigenvalue weighted by Crippen LogP contribution is -2.49. The second kappa shape index (κ2) is 8.89. The van der Waals surface area contributed by atoms with Gasteiger partial charge in [0.05, 0.1) is 24.0 Å². The van der Waals surface area contributed by atoms with E-state index in [2.05, 4.69) is 4.72 Å². The first-order valence-electron chi connectivity index (χ1n) is 7.41. The summed E-state index contributed by atoms with van der Waals surface area (Å²) in [5.74, 6) is -0.312. The molecular formula is C17H18NO5S2-. The Bertz CT molecular complexity index is 792. The molecule has 0 radical (unpaired) electrons. The number of aliphatic carboxylic acids is 1. The Balaban J connectivity index is 2.00. The topological polar surface area (TPSA) is 95.5 Å². The van der Waals surface area contributed by atoms with Crippen molar-refractivity contribution < 1.29 is 23.1 Å². The van der Waals surface area contributed by atoms with E-state index in [0.29, 0.717) is 11.5 Å². The van der Waals surface area contributed by atoms with E-state index in [1.807, 2.05) is 30.3 Å². The zero-order chi connectivity index (χ0) is 18.3. The maximum atomic E-state index is 12.3. The smallest absolute Gasteiger partial charge is 0.241 e. The molecule has 2 aromatic rings. The van der Waals surface area contributed by atoms with E-state index in [1.165, 1.54) is 43.1 Å². The van der Waals surface area contributed by atoms with Crippen LogP contribution in [0.25, 0.3) is 0 Å². The molecule has 6 nitrogen and oxygen atoms in total. The van der Waals surface area contributed by atoms with Gasteiger partial charge >= 0.3 is 0 Å². The van der Waals surface area contributed by atoms with Crippen LogP contribution in [0.15, 0.2) is 59.5 Å². The van der Waals surface area contributed by atoms with Crippen LogP contribution in [0.4, 0.5) is 0 Å². The molecule has 134 valence electrons. The van der Waals surface area contributed by atoms with Crippen molar-refractivity contribution in [2.75, 3.05) is 12.9 Å². The van der Waals surface area contributed by atoms with Crippen molar-refractivity contribution >= 4 is 27.8 Å². The average molecular weight is 380 g/mol. The van der Waals surface area contributed by atoms with Crippen molar-refractivity contribution in [3.63, 3.8) is 0 Å². The number of carboxylic acid groups (broad SMARTS) is 1. The summed E-state index contributed by atoms with van der Waals surface area (Å²) in [6, 6.07) is 13.9. The van der Waals surface area contributed by atoms with Crippen LogP contribution in [0.2, 0.25) is 0 Å². The Morgan fingerprint density at radius 3 is 2.36 bits per heavy atom. The highest BCUT2D eigenvalue weighted by Crippen LogP contribution is 2.17. The normalized spacial score (nSPS) is 12.5. The van der Waals surface area contributed by atoms with Crippen molar-refractivity contribution in [2.45, 2.75) is 16.7 Å². The molecule has 25 heavy (non-hydrogen) atoms. The number of carbonyl (C=O) groups excluding carboxylic acids is 1. The minimum Gasteiger partial charge on any atom is -0.548 e. The molecule has 2 aromatic carbocycles. The first-order chi connectivity index (χ1) is 11.9. The molecule has 0 aliphatic heterocycles. The minimum atomic E-state index is -3.96. The van der Waals surface area contributed by atoms with Gasteiger partial charge in [-0.2, -0.15) is 11.8 Å². The quantitative estimate of drug-likeness (QED) is 0.698. The third-order valence-electron chi connectivity index (χ3n) is 3.35. The molecule has 0 spiro atoms. The van der Waals surface area contributed by atoms with Crippen molar-refractivity contribution in [1.29, 1.82) is 0 Å². The van der Waals surface area contributed by atoms with E-state index in [1.54, 1.807) is 0 Å². The Hall–Kier alpha value is -2.03. The maximum absolute atomic E-state index is 12.3. The monoisotopic (exact) mass is 380 g/mol. The number of hydrogen-bond donors (Lipinski definition) is 1. The molecule has 0 aliphatic carbocycles. The van der Waals surface area contributed by atoms with Gasteiger partial charge in [-0.3, -0.25) is 0 Å². The zero-order valence-electron chi connectivity index (χ0n) is 13.5. The SMILES string of the molecule is COc1ccc(S(=O)(=O)NC(CSCc2ccccc2)C(=O)[O-])cc1. The Morgan fingerprint density at radius 1 is 1.16 bits per heavy atom. The summed E-state index contributed by atoms with van der Waals surface area (Å²) in [6.45, 7) is 0. The van der Waals surface area contributed by atoms with Gasteiger partial charge in [-0.15, -0.1) is 0 Å². The molecule has 1 unspecified atom stereocenters. The van der Waals surface area contributed by atoms with Crippen molar-refractivity contribution in [1.82, 2.24) is 4.72 Å². The summed E-state index contributed by atoms with van der Waals surface area (Å²) >= 11 is 1.32. The lowest BCUT2D eigenvalue weighted by molar-refractivity contribution is -0.307. The van der Waals surface area contributed by atoms with Crippen LogP contribution in [0, 0.1) is 0 Å². The van der Waals surface area contributed by atoms with Crippen molar-refractivity contribution in [3.05, 3.63) is 60.2 Å². The maximum Gasteiger partial charge on any atom is 0.241 e. The minimum absolute atomic E-state index is 0.0346. The third kappa shape index (κ3) is 5.77. The number of rotatable bonds is 9. The predicted molar refractivity (Wildman–Crippen MR) is 94.7 cm³/mol. The summed E-state index contributed by atoms with van der Waals surface area (Å²) in [4.78, 5) is 11.2. The van der Waals surface area contributed by atoms with Crippen molar-refractivity contribution in [2.24, 2.45) is 0 Å². The number of hydrogen-bond acceptors (Lipinski definition) is 6. The van der Waals surface area contributed by atoms with E-state index in [0.717, 1.165) is 5.56 Å². The van der Waals surface area contributed by atoms with Gasteiger partial charge in [-0.05, 0) is 29.8 Å². The lowest BCUT2D eigenvalue weighted by Gasteiger charge is -2.19. The van der Waals surface area contributed by atoms with Crippen LogP contribution in [0.3, 0.4) is 0 Å². The van der Waals surface area contributed by atoms with E-state index in [9.17, 15) is 18.3 Å². The zero-order valence-corrected chi connectivity index (χ0v) is 15.2. The molecule has 0 aliphatic rings. The Morgan fingerprint density at radius 2 is 1.80 bits per heavy atom. The summed E-state index contributed by atoms with van der Waals surface area (Å²) in [7, 11) is -2.49. The highest BCUT2D eigenvalue weighted by molar-refractivity contribution is 7.98. The van der Waals surface area contributed by atoms with Gasteiger partial charge in [0.25, 0.3) is 0 Å². The van der Waals surface area contributed by atoms with E-state index in [-0.39, 0.29) is 10.6 Å². The van der Waals surface area contributed by atoms with Gasteiger partial charge in [-0.1, -0.05) is 30.3 Å². The highest BCUT2D eigenvalue weighted by Gasteiger charge is 2.21. The van der Waals surface area contributed by atoms with Crippen LogP contribution in [0.5, 0.6) is 5.75 Å².